The molecule has 3 rings (SSSR count). The Bertz CT molecular complexity index is 965. The number of rotatable bonds is 6. The molecule has 29 heavy (non-hydrogen) atoms. The third kappa shape index (κ3) is 4.18. The van der Waals surface area contributed by atoms with Gasteiger partial charge in [-0.3, -0.25) is 14.5 Å². The average molecular weight is 438 g/mol. The summed E-state index contributed by atoms with van der Waals surface area (Å²) in [5.41, 5.74) is 0.558. The number of thioether (sulfide) groups is 1. The van der Waals surface area contributed by atoms with Crippen molar-refractivity contribution in [2.75, 3.05) is 21.3 Å². The molecule has 2 aromatic carbocycles. The van der Waals surface area contributed by atoms with Gasteiger partial charge < -0.3 is 14.2 Å². The molecular weight excluding hydrogens is 421 g/mol. The van der Waals surface area contributed by atoms with Gasteiger partial charge in [-0.2, -0.15) is 0 Å². The molecule has 152 valence electrons. The molecule has 2 aromatic rings. The highest BCUT2D eigenvalue weighted by Gasteiger charge is 2.36. The van der Waals surface area contributed by atoms with Crippen molar-refractivity contribution in [2.24, 2.45) is 0 Å². The van der Waals surface area contributed by atoms with Crippen molar-refractivity contribution >= 4 is 40.6 Å². The van der Waals surface area contributed by atoms with Crippen LogP contribution in [0, 0.1) is 5.82 Å². The first-order chi connectivity index (χ1) is 13.9. The molecule has 0 radical (unpaired) electrons. The predicted octanol–water partition coefficient (Wildman–Crippen LogP) is 4.74. The predicted molar refractivity (Wildman–Crippen MR) is 109 cm³/mol. The number of carbonyl (C=O) groups is 2. The first-order valence-electron chi connectivity index (χ1n) is 8.37. The molecule has 0 spiro atoms. The Labute approximate surface area is 176 Å². The molecule has 0 N–H and O–H groups in total. The zero-order valence-electron chi connectivity index (χ0n) is 15.8. The van der Waals surface area contributed by atoms with E-state index < -0.39 is 17.0 Å². The van der Waals surface area contributed by atoms with E-state index in [0.29, 0.717) is 22.8 Å². The van der Waals surface area contributed by atoms with Gasteiger partial charge in [-0.1, -0.05) is 17.7 Å². The minimum absolute atomic E-state index is 0.0809. The zero-order chi connectivity index (χ0) is 21.1. The summed E-state index contributed by atoms with van der Waals surface area (Å²) in [6, 6.07) is 7.46. The summed E-state index contributed by atoms with van der Waals surface area (Å²) in [6.45, 7) is -0.260. The van der Waals surface area contributed by atoms with Crippen LogP contribution in [0.3, 0.4) is 0 Å². The van der Waals surface area contributed by atoms with E-state index in [9.17, 15) is 14.0 Å². The van der Waals surface area contributed by atoms with Gasteiger partial charge in [0.05, 0.1) is 38.3 Å². The zero-order valence-corrected chi connectivity index (χ0v) is 17.4. The number of ether oxygens (including phenoxy) is 3. The second-order valence-corrected chi connectivity index (χ2v) is 7.31. The minimum atomic E-state index is -0.584. The van der Waals surface area contributed by atoms with E-state index >= 15 is 0 Å². The number of imide groups is 1. The smallest absolute Gasteiger partial charge is 0.293 e. The Morgan fingerprint density at radius 2 is 1.76 bits per heavy atom. The van der Waals surface area contributed by atoms with Gasteiger partial charge in [0.15, 0.2) is 0 Å². The molecule has 0 bridgehead atoms. The van der Waals surface area contributed by atoms with E-state index in [4.69, 9.17) is 25.8 Å². The van der Waals surface area contributed by atoms with Gasteiger partial charge in [0, 0.05) is 22.7 Å². The fourth-order valence-electron chi connectivity index (χ4n) is 2.78. The summed E-state index contributed by atoms with van der Waals surface area (Å²) >= 11 is 6.77. The van der Waals surface area contributed by atoms with Gasteiger partial charge in [0.2, 0.25) is 0 Å². The van der Waals surface area contributed by atoms with Crippen LogP contribution in [-0.4, -0.2) is 37.4 Å². The molecule has 2 amide bonds. The average Bonchev–Trinajstić information content (AvgIpc) is 2.97. The van der Waals surface area contributed by atoms with Crippen LogP contribution < -0.4 is 14.2 Å². The first-order valence-corrected chi connectivity index (χ1v) is 9.57. The summed E-state index contributed by atoms with van der Waals surface area (Å²) in [7, 11) is 4.45. The van der Waals surface area contributed by atoms with E-state index in [0.717, 1.165) is 16.7 Å². The van der Waals surface area contributed by atoms with E-state index in [1.54, 1.807) is 12.1 Å². The lowest BCUT2D eigenvalue weighted by atomic mass is 10.1. The summed E-state index contributed by atoms with van der Waals surface area (Å²) in [5.74, 6) is 0.187. The van der Waals surface area contributed by atoms with Gasteiger partial charge in [-0.15, -0.1) is 0 Å². The number of hydrogen-bond donors (Lipinski definition) is 0. The highest BCUT2D eigenvalue weighted by Crippen LogP contribution is 2.40. The van der Waals surface area contributed by atoms with Crippen LogP contribution in [0.1, 0.15) is 11.1 Å². The van der Waals surface area contributed by atoms with Gasteiger partial charge in [-0.05, 0) is 30.0 Å². The standard InChI is InChI=1S/C20H17ClFNO5S/c1-26-11-7-16(27-2)12(17(8-11)28-3)9-18-19(24)23(20(25)29-18)10-13-14(21)5-4-6-15(13)22/h4-9H,10H2,1-3H3. The first kappa shape index (κ1) is 21.0. The lowest BCUT2D eigenvalue weighted by molar-refractivity contribution is -0.123. The molecule has 1 fully saturated rings. The second kappa shape index (κ2) is 8.75. The maximum absolute atomic E-state index is 14.1. The molecule has 1 aliphatic rings. The van der Waals surface area contributed by atoms with Crippen LogP contribution in [0.25, 0.3) is 6.08 Å². The summed E-state index contributed by atoms with van der Waals surface area (Å²) < 4.78 is 30.0. The number of carbonyl (C=O) groups excluding carboxylic acids is 2. The van der Waals surface area contributed by atoms with Crippen LogP contribution in [0.2, 0.25) is 5.02 Å². The van der Waals surface area contributed by atoms with E-state index in [-0.39, 0.29) is 22.0 Å². The second-order valence-electron chi connectivity index (χ2n) is 5.91. The topological polar surface area (TPSA) is 65.1 Å². The molecule has 0 aromatic heterocycles. The Hall–Kier alpha value is -2.71. The molecule has 6 nitrogen and oxygen atoms in total. The molecular formula is C20H17ClFNO5S. The lowest BCUT2D eigenvalue weighted by Gasteiger charge is -2.14. The molecule has 1 heterocycles. The number of halogens is 2. The van der Waals surface area contributed by atoms with Gasteiger partial charge in [-0.25, -0.2) is 4.39 Å². The number of nitrogens with zero attached hydrogens (tertiary/aromatic N) is 1. The summed E-state index contributed by atoms with van der Waals surface area (Å²) in [6.07, 6.45) is 1.50. The SMILES string of the molecule is COc1cc(OC)c(C=C2SC(=O)N(Cc3c(F)cccc3Cl)C2=O)c(OC)c1. The monoisotopic (exact) mass is 437 g/mol. The Morgan fingerprint density at radius 1 is 1.10 bits per heavy atom. The third-order valence-electron chi connectivity index (χ3n) is 4.28. The molecule has 0 unspecified atom stereocenters. The maximum Gasteiger partial charge on any atom is 0.293 e. The van der Waals surface area contributed by atoms with Crippen molar-refractivity contribution in [1.29, 1.82) is 0 Å². The van der Waals surface area contributed by atoms with Crippen molar-refractivity contribution in [3.8, 4) is 17.2 Å². The number of amides is 2. The van der Waals surface area contributed by atoms with Crippen molar-refractivity contribution in [3.05, 3.63) is 57.2 Å². The van der Waals surface area contributed by atoms with Crippen molar-refractivity contribution < 1.29 is 28.2 Å². The van der Waals surface area contributed by atoms with Crippen LogP contribution in [0.15, 0.2) is 35.2 Å². The van der Waals surface area contributed by atoms with Crippen LogP contribution in [0.5, 0.6) is 17.2 Å². The van der Waals surface area contributed by atoms with Crippen molar-refractivity contribution in [1.82, 2.24) is 4.90 Å². The molecule has 9 heteroatoms. The van der Waals surface area contributed by atoms with Crippen LogP contribution in [-0.2, 0) is 11.3 Å². The van der Waals surface area contributed by atoms with Gasteiger partial charge in [0.25, 0.3) is 11.1 Å². The normalized spacial score (nSPS) is 15.2. The molecule has 1 saturated heterocycles. The van der Waals surface area contributed by atoms with E-state index in [2.05, 4.69) is 0 Å². The molecule has 0 atom stereocenters. The van der Waals surface area contributed by atoms with Crippen molar-refractivity contribution in [2.45, 2.75) is 6.54 Å². The highest BCUT2D eigenvalue weighted by molar-refractivity contribution is 8.18. The Morgan fingerprint density at radius 3 is 2.31 bits per heavy atom. The molecule has 0 aliphatic carbocycles. The van der Waals surface area contributed by atoms with Gasteiger partial charge in [0.1, 0.15) is 23.1 Å². The van der Waals surface area contributed by atoms with E-state index in [1.165, 1.54) is 45.6 Å². The molecule has 1 aliphatic heterocycles. The molecule has 0 saturated carbocycles. The Balaban J connectivity index is 1.97. The van der Waals surface area contributed by atoms with E-state index in [1.807, 2.05) is 0 Å². The number of hydrogen-bond acceptors (Lipinski definition) is 6. The lowest BCUT2D eigenvalue weighted by Crippen LogP contribution is -2.28. The Kier molecular flexibility index (Phi) is 6.34. The van der Waals surface area contributed by atoms with Crippen LogP contribution in [0.4, 0.5) is 9.18 Å². The summed E-state index contributed by atoms with van der Waals surface area (Å²) in [5, 5.41) is -0.376. The quantitative estimate of drug-likeness (QED) is 0.608. The van der Waals surface area contributed by atoms with Crippen LogP contribution >= 0.6 is 23.4 Å². The maximum atomic E-state index is 14.1. The highest BCUT2D eigenvalue weighted by atomic mass is 35.5. The van der Waals surface area contributed by atoms with Gasteiger partial charge >= 0.3 is 0 Å². The number of benzene rings is 2. The summed E-state index contributed by atoms with van der Waals surface area (Å²) in [4.78, 5) is 26.3. The van der Waals surface area contributed by atoms with Crippen molar-refractivity contribution in [3.63, 3.8) is 0 Å². The third-order valence-corrected chi connectivity index (χ3v) is 5.54. The largest absolute Gasteiger partial charge is 0.496 e. The fraction of sp³-hybridized carbons (Fsp3) is 0.200. The number of methoxy groups -OCH3 is 3. The fourth-order valence-corrected chi connectivity index (χ4v) is 3.83. The minimum Gasteiger partial charge on any atom is -0.496 e.